The van der Waals surface area contributed by atoms with Crippen molar-refractivity contribution in [3.05, 3.63) is 41.2 Å². The molecular weight excluding hydrogens is 256 g/mol. The highest BCUT2D eigenvalue weighted by molar-refractivity contribution is 7.98. The summed E-state index contributed by atoms with van der Waals surface area (Å²) in [5, 5.41) is 9.10. The predicted molar refractivity (Wildman–Crippen MR) is 79.6 cm³/mol. The van der Waals surface area contributed by atoms with E-state index in [1.165, 1.54) is 11.1 Å². The molecule has 0 radical (unpaired) electrons. The molecule has 5 heteroatoms. The minimum atomic E-state index is -0.0928. The number of hydrogen-bond acceptors (Lipinski definition) is 4. The van der Waals surface area contributed by atoms with Gasteiger partial charge in [-0.1, -0.05) is 62.4 Å². The highest BCUT2D eigenvalue weighted by Gasteiger charge is 2.22. The summed E-state index contributed by atoms with van der Waals surface area (Å²) in [5.41, 5.74) is 2.44. The van der Waals surface area contributed by atoms with Crippen LogP contribution in [0.15, 0.2) is 29.4 Å². The van der Waals surface area contributed by atoms with E-state index in [2.05, 4.69) is 62.2 Å². The van der Waals surface area contributed by atoms with Gasteiger partial charge in [0.15, 0.2) is 5.82 Å². The van der Waals surface area contributed by atoms with Crippen LogP contribution in [0.5, 0.6) is 0 Å². The average Bonchev–Trinajstić information content (AvgIpc) is 2.70. The topological polar surface area (TPSA) is 56.7 Å². The monoisotopic (exact) mass is 276 g/mol. The van der Waals surface area contributed by atoms with Crippen molar-refractivity contribution >= 4 is 11.8 Å². The quantitative estimate of drug-likeness (QED) is 0.692. The minimum Gasteiger partial charge on any atom is -0.336 e. The van der Waals surface area contributed by atoms with Crippen molar-refractivity contribution in [3.63, 3.8) is 0 Å². The maximum atomic E-state index is 6.05. The summed E-state index contributed by atoms with van der Waals surface area (Å²) in [5.74, 6) is 7.70. The number of aryl methyl sites for hydroxylation is 1. The summed E-state index contributed by atoms with van der Waals surface area (Å²) in [7, 11) is 0. The number of nitrogens with zero attached hydrogens (tertiary/aromatic N) is 3. The zero-order valence-corrected chi connectivity index (χ0v) is 12.7. The number of thioether (sulfide) groups is 1. The van der Waals surface area contributed by atoms with E-state index in [1.807, 2.05) is 0 Å². The van der Waals surface area contributed by atoms with Crippen molar-refractivity contribution in [2.24, 2.45) is 0 Å². The van der Waals surface area contributed by atoms with Gasteiger partial charge in [-0.25, -0.2) is 4.68 Å². The van der Waals surface area contributed by atoms with Crippen LogP contribution in [0.3, 0.4) is 0 Å². The molecule has 0 amide bonds. The Labute approximate surface area is 118 Å². The molecule has 1 aromatic carbocycles. The number of nitrogen functional groups attached to an aromatic ring is 1. The van der Waals surface area contributed by atoms with Gasteiger partial charge in [0.25, 0.3) is 0 Å². The lowest BCUT2D eigenvalue weighted by Crippen LogP contribution is -2.24. The van der Waals surface area contributed by atoms with E-state index >= 15 is 0 Å². The van der Waals surface area contributed by atoms with Crippen LogP contribution in [-0.2, 0) is 11.2 Å². The summed E-state index contributed by atoms with van der Waals surface area (Å²) in [6.45, 7) is 8.32. The molecule has 0 aliphatic rings. The number of nitrogens with two attached hydrogens (primary N) is 1. The Hall–Kier alpha value is -1.49. The largest absolute Gasteiger partial charge is 0.336 e. The standard InChI is InChI=1S/C14H20N4S/c1-10-5-7-11(8-6-10)9-19-13-17-16-12(18(13)15)14(2,3)4/h5-8H,9,15H2,1-4H3. The van der Waals surface area contributed by atoms with Crippen LogP contribution in [0.1, 0.15) is 37.7 Å². The fourth-order valence-corrected chi connectivity index (χ4v) is 2.53. The Kier molecular flexibility index (Phi) is 3.85. The Morgan fingerprint density at radius 2 is 1.79 bits per heavy atom. The molecule has 1 heterocycles. The molecule has 0 saturated carbocycles. The zero-order chi connectivity index (χ0) is 14.0. The van der Waals surface area contributed by atoms with Gasteiger partial charge in [-0.3, -0.25) is 0 Å². The van der Waals surface area contributed by atoms with E-state index in [-0.39, 0.29) is 5.41 Å². The summed E-state index contributed by atoms with van der Waals surface area (Å²) in [6, 6.07) is 8.49. The molecule has 0 spiro atoms. The highest BCUT2D eigenvalue weighted by atomic mass is 32.2. The Morgan fingerprint density at radius 1 is 1.16 bits per heavy atom. The summed E-state index contributed by atoms with van der Waals surface area (Å²) >= 11 is 1.61. The molecule has 0 atom stereocenters. The van der Waals surface area contributed by atoms with Gasteiger partial charge in [0.1, 0.15) is 0 Å². The third kappa shape index (κ3) is 3.29. The minimum absolute atomic E-state index is 0.0928. The molecule has 1 aromatic heterocycles. The normalized spacial score (nSPS) is 11.8. The van der Waals surface area contributed by atoms with Gasteiger partial charge in [-0.05, 0) is 12.5 Å². The van der Waals surface area contributed by atoms with Gasteiger partial charge >= 0.3 is 0 Å². The maximum absolute atomic E-state index is 6.05. The maximum Gasteiger partial charge on any atom is 0.210 e. The van der Waals surface area contributed by atoms with E-state index in [0.717, 1.165) is 16.7 Å². The average molecular weight is 276 g/mol. The number of rotatable bonds is 3. The van der Waals surface area contributed by atoms with Crippen molar-refractivity contribution in [1.82, 2.24) is 14.9 Å². The molecule has 2 aromatic rings. The second kappa shape index (κ2) is 5.25. The van der Waals surface area contributed by atoms with Crippen molar-refractivity contribution in [2.45, 2.75) is 44.0 Å². The molecule has 102 valence electrons. The second-order valence-electron chi connectivity index (χ2n) is 5.70. The smallest absolute Gasteiger partial charge is 0.210 e. The van der Waals surface area contributed by atoms with Crippen LogP contribution in [0, 0.1) is 6.92 Å². The van der Waals surface area contributed by atoms with E-state index in [9.17, 15) is 0 Å². The first-order valence-corrected chi connectivity index (χ1v) is 7.26. The third-order valence-electron chi connectivity index (χ3n) is 2.82. The molecule has 0 fully saturated rings. The first-order valence-electron chi connectivity index (χ1n) is 6.27. The van der Waals surface area contributed by atoms with Crippen LogP contribution in [0.4, 0.5) is 0 Å². The van der Waals surface area contributed by atoms with Crippen molar-refractivity contribution < 1.29 is 0 Å². The van der Waals surface area contributed by atoms with Crippen LogP contribution in [0.2, 0.25) is 0 Å². The predicted octanol–water partition coefficient (Wildman–Crippen LogP) is 2.89. The Balaban J connectivity index is 2.08. The summed E-state index contributed by atoms with van der Waals surface area (Å²) in [6.07, 6.45) is 0. The molecule has 0 aliphatic carbocycles. The lowest BCUT2D eigenvalue weighted by molar-refractivity contribution is 0.523. The van der Waals surface area contributed by atoms with Gasteiger partial charge in [0.05, 0.1) is 0 Å². The number of aromatic nitrogens is 3. The lowest BCUT2D eigenvalue weighted by Gasteiger charge is -2.16. The fraction of sp³-hybridized carbons (Fsp3) is 0.429. The zero-order valence-electron chi connectivity index (χ0n) is 11.8. The van der Waals surface area contributed by atoms with Crippen molar-refractivity contribution in [2.75, 3.05) is 5.84 Å². The molecule has 2 N–H and O–H groups in total. The molecule has 0 unspecified atom stereocenters. The Morgan fingerprint density at radius 3 is 2.32 bits per heavy atom. The molecule has 0 aliphatic heterocycles. The first kappa shape index (κ1) is 13.9. The molecule has 19 heavy (non-hydrogen) atoms. The van der Waals surface area contributed by atoms with E-state index in [4.69, 9.17) is 5.84 Å². The number of hydrogen-bond donors (Lipinski definition) is 1. The number of benzene rings is 1. The highest BCUT2D eigenvalue weighted by Crippen LogP contribution is 2.25. The van der Waals surface area contributed by atoms with Crippen LogP contribution < -0.4 is 5.84 Å². The SMILES string of the molecule is Cc1ccc(CSc2nnc(C(C)(C)C)n2N)cc1. The van der Waals surface area contributed by atoms with Crippen LogP contribution in [0.25, 0.3) is 0 Å². The van der Waals surface area contributed by atoms with Crippen molar-refractivity contribution in [3.8, 4) is 0 Å². The first-order chi connectivity index (χ1) is 8.88. The molecule has 2 rings (SSSR count). The van der Waals surface area contributed by atoms with E-state index in [0.29, 0.717) is 0 Å². The van der Waals surface area contributed by atoms with Gasteiger partial charge < -0.3 is 5.84 Å². The Bertz CT molecular complexity index is 552. The van der Waals surface area contributed by atoms with Gasteiger partial charge in [-0.15, -0.1) is 10.2 Å². The fourth-order valence-electron chi connectivity index (χ4n) is 1.72. The summed E-state index contributed by atoms with van der Waals surface area (Å²) < 4.78 is 1.60. The van der Waals surface area contributed by atoms with Gasteiger partial charge in [-0.2, -0.15) is 0 Å². The molecule has 0 bridgehead atoms. The van der Waals surface area contributed by atoms with E-state index < -0.39 is 0 Å². The molecular formula is C14H20N4S. The van der Waals surface area contributed by atoms with Crippen LogP contribution in [-0.4, -0.2) is 14.9 Å². The van der Waals surface area contributed by atoms with E-state index in [1.54, 1.807) is 16.4 Å². The lowest BCUT2D eigenvalue weighted by atomic mass is 9.96. The second-order valence-corrected chi connectivity index (χ2v) is 6.64. The summed E-state index contributed by atoms with van der Waals surface area (Å²) in [4.78, 5) is 0. The van der Waals surface area contributed by atoms with Gasteiger partial charge in [0, 0.05) is 11.2 Å². The molecule has 0 saturated heterocycles. The van der Waals surface area contributed by atoms with Crippen LogP contribution >= 0.6 is 11.8 Å². The third-order valence-corrected chi connectivity index (χ3v) is 3.84. The van der Waals surface area contributed by atoms with Gasteiger partial charge in [0.2, 0.25) is 5.16 Å². The molecule has 4 nitrogen and oxygen atoms in total. The van der Waals surface area contributed by atoms with Crippen molar-refractivity contribution in [1.29, 1.82) is 0 Å².